The maximum Gasteiger partial charge on any atom is 0.246 e. The highest BCUT2D eigenvalue weighted by Crippen LogP contribution is 2.34. The summed E-state index contributed by atoms with van der Waals surface area (Å²) >= 11 is 0. The lowest BCUT2D eigenvalue weighted by molar-refractivity contribution is -0.0178. The van der Waals surface area contributed by atoms with E-state index in [-0.39, 0.29) is 24.6 Å². The first-order valence-corrected chi connectivity index (χ1v) is 10.4. The van der Waals surface area contributed by atoms with Gasteiger partial charge >= 0.3 is 0 Å². The summed E-state index contributed by atoms with van der Waals surface area (Å²) in [4.78, 5) is 0.159. The maximum absolute atomic E-state index is 13.1. The highest BCUT2D eigenvalue weighted by atomic mass is 32.2. The first-order chi connectivity index (χ1) is 13.1. The van der Waals surface area contributed by atoms with Crippen molar-refractivity contribution in [3.63, 3.8) is 0 Å². The third-order valence-corrected chi connectivity index (χ3v) is 6.31. The quantitative estimate of drug-likeness (QED) is 0.768. The Labute approximate surface area is 157 Å². The number of benzene rings is 1. The van der Waals surface area contributed by atoms with E-state index in [0.717, 1.165) is 6.42 Å². The summed E-state index contributed by atoms with van der Waals surface area (Å²) in [6, 6.07) is 4.69. The second-order valence-corrected chi connectivity index (χ2v) is 8.21. The van der Waals surface area contributed by atoms with Gasteiger partial charge in [-0.1, -0.05) is 6.92 Å². The van der Waals surface area contributed by atoms with Gasteiger partial charge < -0.3 is 18.6 Å². The van der Waals surface area contributed by atoms with Gasteiger partial charge in [0, 0.05) is 32.0 Å². The van der Waals surface area contributed by atoms with Crippen molar-refractivity contribution in [2.45, 2.75) is 30.8 Å². The number of fused-ring (bicyclic) bond motifs is 1. The van der Waals surface area contributed by atoms with E-state index < -0.39 is 16.1 Å². The number of sulfonamides is 1. The van der Waals surface area contributed by atoms with Gasteiger partial charge in [0.1, 0.15) is 6.10 Å². The molecule has 0 radical (unpaired) electrons. The molecule has 2 aliphatic heterocycles. The minimum Gasteiger partial charge on any atom is -0.490 e. The summed E-state index contributed by atoms with van der Waals surface area (Å²) in [5.74, 6) is 1.80. The fourth-order valence-corrected chi connectivity index (χ4v) is 4.43. The van der Waals surface area contributed by atoms with Gasteiger partial charge in [0.15, 0.2) is 11.5 Å². The van der Waals surface area contributed by atoms with E-state index in [9.17, 15) is 8.42 Å². The Balaban J connectivity index is 1.57. The molecule has 2 aliphatic rings. The van der Waals surface area contributed by atoms with Crippen LogP contribution in [-0.4, -0.2) is 55.8 Å². The van der Waals surface area contributed by atoms with Gasteiger partial charge in [-0.2, -0.15) is 4.31 Å². The molecule has 4 rings (SSSR count). The molecule has 0 aliphatic carbocycles. The Hall–Kier alpha value is -2.17. The summed E-state index contributed by atoms with van der Waals surface area (Å²) in [6.07, 6.45) is 0.784. The summed E-state index contributed by atoms with van der Waals surface area (Å²) < 4.78 is 49.9. The first-order valence-electron chi connectivity index (χ1n) is 8.91. The van der Waals surface area contributed by atoms with Crippen molar-refractivity contribution in [2.24, 2.45) is 0 Å². The predicted octanol–water partition coefficient (Wildman–Crippen LogP) is 1.56. The van der Waals surface area contributed by atoms with Gasteiger partial charge in [0.05, 0.1) is 24.7 Å². The van der Waals surface area contributed by atoms with Gasteiger partial charge in [0.25, 0.3) is 0 Å². The number of aryl methyl sites for hydroxylation is 1. The molecule has 10 heteroatoms. The van der Waals surface area contributed by atoms with Gasteiger partial charge in [-0.3, -0.25) is 0 Å². The lowest BCUT2D eigenvalue weighted by Crippen LogP contribution is -2.42. The molecule has 3 heterocycles. The molecule has 27 heavy (non-hydrogen) atoms. The molecular weight excluding hydrogens is 374 g/mol. The molecule has 1 unspecified atom stereocenters. The number of aromatic nitrogens is 2. The van der Waals surface area contributed by atoms with Crippen LogP contribution in [0.1, 0.15) is 31.2 Å². The largest absolute Gasteiger partial charge is 0.490 e. The van der Waals surface area contributed by atoms with Crippen LogP contribution in [0.15, 0.2) is 27.5 Å². The van der Waals surface area contributed by atoms with Crippen LogP contribution in [0, 0.1) is 0 Å². The van der Waals surface area contributed by atoms with Crippen LogP contribution >= 0.6 is 0 Å². The number of ether oxygens (including phenoxy) is 3. The summed E-state index contributed by atoms with van der Waals surface area (Å²) in [5, 5.41) is 7.89. The lowest BCUT2D eigenvalue weighted by atomic mass is 10.3. The predicted molar refractivity (Wildman–Crippen MR) is 93.2 cm³/mol. The molecule has 0 amide bonds. The van der Waals surface area contributed by atoms with Crippen molar-refractivity contribution in [1.82, 2.24) is 14.5 Å². The van der Waals surface area contributed by atoms with Crippen LogP contribution in [0.2, 0.25) is 0 Å². The third kappa shape index (κ3) is 3.64. The fourth-order valence-electron chi connectivity index (χ4n) is 2.99. The van der Waals surface area contributed by atoms with Crippen molar-refractivity contribution in [2.75, 3.05) is 32.9 Å². The second kappa shape index (κ2) is 7.45. The summed E-state index contributed by atoms with van der Waals surface area (Å²) in [5.41, 5.74) is 0. The first kappa shape index (κ1) is 18.2. The van der Waals surface area contributed by atoms with Crippen LogP contribution in [0.3, 0.4) is 0 Å². The van der Waals surface area contributed by atoms with Crippen LogP contribution < -0.4 is 9.47 Å². The number of nitrogens with zero attached hydrogens (tertiary/aromatic N) is 3. The maximum atomic E-state index is 13.1. The van der Waals surface area contributed by atoms with Gasteiger partial charge in [-0.25, -0.2) is 8.42 Å². The van der Waals surface area contributed by atoms with E-state index in [0.29, 0.717) is 42.9 Å². The molecule has 0 saturated carbocycles. The normalized spacial score (nSPS) is 21.0. The Kier molecular flexibility index (Phi) is 5.02. The van der Waals surface area contributed by atoms with Crippen molar-refractivity contribution < 1.29 is 27.0 Å². The van der Waals surface area contributed by atoms with Crippen molar-refractivity contribution in [3.8, 4) is 11.5 Å². The van der Waals surface area contributed by atoms with E-state index in [2.05, 4.69) is 10.2 Å². The van der Waals surface area contributed by atoms with E-state index in [1.54, 1.807) is 6.07 Å². The minimum absolute atomic E-state index is 0.113. The monoisotopic (exact) mass is 395 g/mol. The molecule has 1 aromatic carbocycles. The van der Waals surface area contributed by atoms with Gasteiger partial charge in [0.2, 0.25) is 21.8 Å². The van der Waals surface area contributed by atoms with Crippen molar-refractivity contribution >= 4 is 10.0 Å². The molecule has 2 aromatic rings. The molecule has 0 spiro atoms. The number of rotatable bonds is 4. The average molecular weight is 395 g/mol. The zero-order valence-electron chi connectivity index (χ0n) is 15.0. The van der Waals surface area contributed by atoms with Crippen LogP contribution in [0.25, 0.3) is 0 Å². The summed E-state index contributed by atoms with van der Waals surface area (Å²) in [7, 11) is -3.72. The Morgan fingerprint density at radius 2 is 1.96 bits per heavy atom. The standard InChI is InChI=1S/C17H21N3O6S/c1-2-16-18-19-17(26-16)15-11-20(6-9-25-15)27(21,22)12-4-5-13-14(10-12)24-8-3-7-23-13/h4-5,10,15H,2-3,6-9,11H2,1H3. The van der Waals surface area contributed by atoms with Crippen LogP contribution in [-0.2, 0) is 21.2 Å². The van der Waals surface area contributed by atoms with E-state index in [1.165, 1.54) is 16.4 Å². The smallest absolute Gasteiger partial charge is 0.246 e. The molecule has 9 nitrogen and oxygen atoms in total. The molecular formula is C17H21N3O6S. The van der Waals surface area contributed by atoms with Crippen LogP contribution in [0.5, 0.6) is 11.5 Å². The average Bonchev–Trinajstić information content (AvgIpc) is 3.06. The van der Waals surface area contributed by atoms with E-state index in [4.69, 9.17) is 18.6 Å². The Bertz CT molecular complexity index is 913. The number of hydrogen-bond acceptors (Lipinski definition) is 8. The fraction of sp³-hybridized carbons (Fsp3) is 0.529. The molecule has 1 aromatic heterocycles. The Morgan fingerprint density at radius 3 is 2.74 bits per heavy atom. The molecule has 146 valence electrons. The minimum atomic E-state index is -3.72. The van der Waals surface area contributed by atoms with Crippen molar-refractivity contribution in [3.05, 3.63) is 30.0 Å². The molecule has 1 fully saturated rings. The zero-order chi connectivity index (χ0) is 18.9. The highest BCUT2D eigenvalue weighted by Gasteiger charge is 2.34. The van der Waals surface area contributed by atoms with Gasteiger partial charge in [-0.05, 0) is 12.1 Å². The Morgan fingerprint density at radius 1 is 1.15 bits per heavy atom. The van der Waals surface area contributed by atoms with E-state index >= 15 is 0 Å². The molecule has 1 atom stereocenters. The number of hydrogen-bond donors (Lipinski definition) is 0. The van der Waals surface area contributed by atoms with Crippen molar-refractivity contribution in [1.29, 1.82) is 0 Å². The highest BCUT2D eigenvalue weighted by molar-refractivity contribution is 7.89. The van der Waals surface area contributed by atoms with Gasteiger partial charge in [-0.15, -0.1) is 10.2 Å². The lowest BCUT2D eigenvalue weighted by Gasteiger charge is -2.30. The van der Waals surface area contributed by atoms with Crippen LogP contribution in [0.4, 0.5) is 0 Å². The zero-order valence-corrected chi connectivity index (χ0v) is 15.8. The molecule has 0 N–H and O–H groups in total. The second-order valence-electron chi connectivity index (χ2n) is 6.27. The number of morpholine rings is 1. The molecule has 1 saturated heterocycles. The summed E-state index contributed by atoms with van der Waals surface area (Å²) in [6.45, 7) is 3.56. The molecule has 0 bridgehead atoms. The topological polar surface area (TPSA) is 104 Å². The third-order valence-electron chi connectivity index (χ3n) is 4.45. The van der Waals surface area contributed by atoms with E-state index in [1.807, 2.05) is 6.92 Å². The SMILES string of the molecule is CCc1nnc(C2CN(S(=O)(=O)c3ccc4c(c3)OCCCO4)CCO2)o1.